The number of amides is 3. The number of nitrogens with zero attached hydrogens (tertiary/aromatic N) is 3. The lowest BCUT2D eigenvalue weighted by Gasteiger charge is -2.34. The van der Waals surface area contributed by atoms with Gasteiger partial charge < -0.3 is 15.5 Å². The van der Waals surface area contributed by atoms with Crippen LogP contribution in [0.4, 0.5) is 4.79 Å². The Labute approximate surface area is 207 Å². The Hall–Kier alpha value is -2.54. The molecule has 2 aromatic rings. The van der Waals surface area contributed by atoms with Gasteiger partial charge in [0.15, 0.2) is 0 Å². The van der Waals surface area contributed by atoms with E-state index in [1.54, 1.807) is 0 Å². The first-order valence-corrected chi connectivity index (χ1v) is 12.9. The Balaban J connectivity index is 1.29. The fraction of sp³-hybridized carbons (Fsp3) is 0.577. The lowest BCUT2D eigenvalue weighted by atomic mass is 9.95. The van der Waals surface area contributed by atoms with E-state index in [0.29, 0.717) is 30.6 Å². The van der Waals surface area contributed by atoms with Crippen molar-refractivity contribution >= 4 is 23.5 Å². The molecule has 0 unspecified atom stereocenters. The van der Waals surface area contributed by atoms with Crippen LogP contribution in [-0.4, -0.2) is 51.8 Å². The van der Waals surface area contributed by atoms with Gasteiger partial charge in [-0.1, -0.05) is 36.9 Å². The molecule has 1 aromatic carbocycles. The molecule has 1 saturated carbocycles. The SMILES string of the molecule is Cc1ccc(-n2nc(C)c(CC(=O)NC3CCN(C(=O)NC4CCCCC4)CC3)c2C)cc1Cl. The van der Waals surface area contributed by atoms with Crippen molar-refractivity contribution in [1.82, 2.24) is 25.3 Å². The number of carbonyl (C=O) groups is 2. The van der Waals surface area contributed by atoms with Gasteiger partial charge in [-0.25, -0.2) is 9.48 Å². The number of piperidine rings is 1. The van der Waals surface area contributed by atoms with E-state index in [1.807, 2.05) is 48.6 Å². The molecule has 0 radical (unpaired) electrons. The summed E-state index contributed by atoms with van der Waals surface area (Å²) in [5, 5.41) is 11.7. The number of halogens is 1. The van der Waals surface area contributed by atoms with Crippen LogP contribution in [-0.2, 0) is 11.2 Å². The van der Waals surface area contributed by atoms with Crippen molar-refractivity contribution in [3.63, 3.8) is 0 Å². The molecule has 0 bridgehead atoms. The number of hydrogen-bond donors (Lipinski definition) is 2. The molecule has 2 N–H and O–H groups in total. The molecule has 0 atom stereocenters. The molecule has 1 aliphatic heterocycles. The van der Waals surface area contributed by atoms with Crippen molar-refractivity contribution < 1.29 is 9.59 Å². The third kappa shape index (κ3) is 5.74. The normalized spacial score (nSPS) is 17.6. The minimum Gasteiger partial charge on any atom is -0.353 e. The lowest BCUT2D eigenvalue weighted by Crippen LogP contribution is -2.51. The van der Waals surface area contributed by atoms with Gasteiger partial charge >= 0.3 is 6.03 Å². The summed E-state index contributed by atoms with van der Waals surface area (Å²) < 4.78 is 1.85. The van der Waals surface area contributed by atoms with Gasteiger partial charge in [0.25, 0.3) is 0 Å². The highest BCUT2D eigenvalue weighted by Crippen LogP contribution is 2.23. The van der Waals surface area contributed by atoms with Crippen molar-refractivity contribution in [1.29, 1.82) is 0 Å². The molecule has 7 nitrogen and oxygen atoms in total. The Morgan fingerprint density at radius 1 is 1.00 bits per heavy atom. The maximum Gasteiger partial charge on any atom is 0.317 e. The van der Waals surface area contributed by atoms with Crippen LogP contribution in [0.5, 0.6) is 0 Å². The van der Waals surface area contributed by atoms with E-state index in [2.05, 4.69) is 15.7 Å². The highest BCUT2D eigenvalue weighted by atomic mass is 35.5. The molecular weight excluding hydrogens is 450 g/mol. The van der Waals surface area contributed by atoms with E-state index >= 15 is 0 Å². The highest BCUT2D eigenvalue weighted by molar-refractivity contribution is 6.31. The van der Waals surface area contributed by atoms with Crippen LogP contribution in [0.25, 0.3) is 5.69 Å². The quantitative estimate of drug-likeness (QED) is 0.648. The first kappa shape index (κ1) is 24.6. The second-order valence-corrected chi connectivity index (χ2v) is 10.2. The number of carbonyl (C=O) groups excluding carboxylic acids is 2. The molecule has 1 aromatic heterocycles. The zero-order chi connectivity index (χ0) is 24.2. The van der Waals surface area contributed by atoms with Gasteiger partial charge in [-0.3, -0.25) is 4.79 Å². The van der Waals surface area contributed by atoms with E-state index in [9.17, 15) is 9.59 Å². The van der Waals surface area contributed by atoms with Crippen molar-refractivity contribution in [3.8, 4) is 5.69 Å². The predicted octanol–water partition coefficient (Wildman–Crippen LogP) is 4.62. The largest absolute Gasteiger partial charge is 0.353 e. The van der Waals surface area contributed by atoms with Crippen LogP contribution >= 0.6 is 11.6 Å². The van der Waals surface area contributed by atoms with Gasteiger partial charge in [-0.05, 0) is 64.2 Å². The van der Waals surface area contributed by atoms with Gasteiger partial charge in [0.1, 0.15) is 0 Å². The second-order valence-electron chi connectivity index (χ2n) is 9.78. The molecule has 3 amide bonds. The Morgan fingerprint density at radius 2 is 1.68 bits per heavy atom. The fourth-order valence-electron chi connectivity index (χ4n) is 5.07. The van der Waals surface area contributed by atoms with Crippen molar-refractivity contribution in [2.75, 3.05) is 13.1 Å². The molecule has 2 aliphatic rings. The summed E-state index contributed by atoms with van der Waals surface area (Å²) in [5.74, 6) is -0.00204. The average Bonchev–Trinajstić information content (AvgIpc) is 3.10. The summed E-state index contributed by atoms with van der Waals surface area (Å²) >= 11 is 6.30. The first-order valence-electron chi connectivity index (χ1n) is 12.5. The maximum atomic E-state index is 12.8. The maximum absolute atomic E-state index is 12.8. The molecule has 1 aliphatic carbocycles. The second kappa shape index (κ2) is 10.8. The van der Waals surface area contributed by atoms with Gasteiger partial charge in [-0.15, -0.1) is 0 Å². The molecule has 0 spiro atoms. The van der Waals surface area contributed by atoms with Crippen molar-refractivity contribution in [2.24, 2.45) is 0 Å². The zero-order valence-electron chi connectivity index (χ0n) is 20.5. The molecular formula is C26H36ClN5O2. The van der Waals surface area contributed by atoms with E-state index in [1.165, 1.54) is 19.3 Å². The van der Waals surface area contributed by atoms with Crippen LogP contribution in [0.2, 0.25) is 5.02 Å². The minimum absolute atomic E-state index is 0.00204. The van der Waals surface area contributed by atoms with Gasteiger partial charge in [0.05, 0.1) is 17.8 Å². The van der Waals surface area contributed by atoms with E-state index < -0.39 is 0 Å². The molecule has 2 fully saturated rings. The highest BCUT2D eigenvalue weighted by Gasteiger charge is 2.26. The van der Waals surface area contributed by atoms with Crippen LogP contribution in [0.3, 0.4) is 0 Å². The van der Waals surface area contributed by atoms with Crippen LogP contribution in [0.15, 0.2) is 18.2 Å². The molecule has 4 rings (SSSR count). The smallest absolute Gasteiger partial charge is 0.317 e. The number of likely N-dealkylation sites (tertiary alicyclic amines) is 1. The van der Waals surface area contributed by atoms with Gasteiger partial charge in [-0.2, -0.15) is 5.10 Å². The summed E-state index contributed by atoms with van der Waals surface area (Å²) in [6, 6.07) is 6.33. The summed E-state index contributed by atoms with van der Waals surface area (Å²) in [6.07, 6.45) is 7.71. The number of benzene rings is 1. The van der Waals surface area contributed by atoms with E-state index in [0.717, 1.165) is 53.9 Å². The van der Waals surface area contributed by atoms with E-state index in [-0.39, 0.29) is 18.0 Å². The summed E-state index contributed by atoms with van der Waals surface area (Å²) in [5.41, 5.74) is 4.64. The lowest BCUT2D eigenvalue weighted by molar-refractivity contribution is -0.121. The summed E-state index contributed by atoms with van der Waals surface area (Å²) in [7, 11) is 0. The number of rotatable bonds is 5. The summed E-state index contributed by atoms with van der Waals surface area (Å²) in [6.45, 7) is 7.24. The summed E-state index contributed by atoms with van der Waals surface area (Å²) in [4.78, 5) is 27.3. The third-order valence-corrected chi connectivity index (χ3v) is 7.67. The number of hydrogen-bond acceptors (Lipinski definition) is 3. The number of aromatic nitrogens is 2. The van der Waals surface area contributed by atoms with Crippen LogP contribution in [0, 0.1) is 20.8 Å². The van der Waals surface area contributed by atoms with Crippen LogP contribution in [0.1, 0.15) is 67.5 Å². The van der Waals surface area contributed by atoms with Gasteiger partial charge in [0.2, 0.25) is 5.91 Å². The third-order valence-electron chi connectivity index (χ3n) is 7.26. The minimum atomic E-state index is -0.00204. The number of urea groups is 1. The monoisotopic (exact) mass is 485 g/mol. The standard InChI is InChI=1S/C26H36ClN5O2/c1-17-9-10-22(15-24(17)27)32-19(3)23(18(2)30-32)16-25(33)28-21-11-13-31(14-12-21)26(34)29-20-7-5-4-6-8-20/h9-10,15,20-21H,4-8,11-14,16H2,1-3H3,(H,28,33)(H,29,34). The molecule has 2 heterocycles. The Bertz CT molecular complexity index is 1040. The molecule has 184 valence electrons. The van der Waals surface area contributed by atoms with Crippen molar-refractivity contribution in [2.45, 2.75) is 84.2 Å². The molecule has 1 saturated heterocycles. The number of nitrogens with one attached hydrogen (secondary N) is 2. The predicted molar refractivity (Wildman–Crippen MR) is 135 cm³/mol. The topological polar surface area (TPSA) is 79.3 Å². The zero-order valence-corrected chi connectivity index (χ0v) is 21.2. The fourth-order valence-corrected chi connectivity index (χ4v) is 5.25. The van der Waals surface area contributed by atoms with E-state index in [4.69, 9.17) is 11.6 Å². The van der Waals surface area contributed by atoms with Crippen LogP contribution < -0.4 is 10.6 Å². The molecule has 8 heteroatoms. The molecule has 34 heavy (non-hydrogen) atoms. The first-order chi connectivity index (χ1) is 16.3. The Kier molecular flexibility index (Phi) is 7.81. The van der Waals surface area contributed by atoms with Crippen molar-refractivity contribution in [3.05, 3.63) is 45.7 Å². The van der Waals surface area contributed by atoms with Gasteiger partial charge in [0, 0.05) is 41.5 Å². The Morgan fingerprint density at radius 3 is 2.35 bits per heavy atom. The number of aryl methyl sites for hydroxylation is 2. The average molecular weight is 486 g/mol.